The minimum absolute atomic E-state index is 0.0552. The molecule has 4 rings (SSSR count). The normalized spacial score (nSPS) is 14.9. The first-order valence-corrected chi connectivity index (χ1v) is 9.93. The number of benzene rings is 1. The molecule has 0 spiro atoms. The molecule has 0 saturated carbocycles. The van der Waals surface area contributed by atoms with Crippen LogP contribution in [-0.4, -0.2) is 29.0 Å². The molecule has 6 nitrogen and oxygen atoms in total. The van der Waals surface area contributed by atoms with Crippen molar-refractivity contribution in [2.75, 3.05) is 18.0 Å². The average molecular weight is 429 g/mol. The van der Waals surface area contributed by atoms with Gasteiger partial charge in [0.05, 0.1) is 17.1 Å². The van der Waals surface area contributed by atoms with E-state index in [0.717, 1.165) is 23.4 Å². The third-order valence-electron chi connectivity index (χ3n) is 4.68. The van der Waals surface area contributed by atoms with Crippen LogP contribution in [0.25, 0.3) is 10.9 Å². The standard InChI is InChI=1S/C20H21BrN4O2/c1-13(2)19-23-17-7-5-14(21)11-16(17)20(26)25(19)22-12-15-6-8-18(27-15)24-9-3-4-10-24/h5-8,11-13H,3-4,9-10H2,1-2H3. The van der Waals surface area contributed by atoms with Crippen LogP contribution in [0.5, 0.6) is 0 Å². The van der Waals surface area contributed by atoms with E-state index < -0.39 is 0 Å². The zero-order chi connectivity index (χ0) is 19.0. The fourth-order valence-corrected chi connectivity index (χ4v) is 3.65. The van der Waals surface area contributed by atoms with Crippen molar-refractivity contribution in [2.24, 2.45) is 5.10 Å². The van der Waals surface area contributed by atoms with Crippen LogP contribution in [0.1, 0.15) is 44.2 Å². The van der Waals surface area contributed by atoms with Crippen molar-refractivity contribution in [3.63, 3.8) is 0 Å². The van der Waals surface area contributed by atoms with Crippen LogP contribution < -0.4 is 10.5 Å². The molecule has 27 heavy (non-hydrogen) atoms. The molecule has 0 aliphatic carbocycles. The summed E-state index contributed by atoms with van der Waals surface area (Å²) >= 11 is 3.42. The van der Waals surface area contributed by atoms with E-state index in [2.05, 4.69) is 30.9 Å². The minimum Gasteiger partial charge on any atom is -0.440 e. The van der Waals surface area contributed by atoms with Gasteiger partial charge >= 0.3 is 0 Å². The fraction of sp³-hybridized carbons (Fsp3) is 0.350. The average Bonchev–Trinajstić information content (AvgIpc) is 3.32. The van der Waals surface area contributed by atoms with E-state index in [-0.39, 0.29) is 11.5 Å². The summed E-state index contributed by atoms with van der Waals surface area (Å²) < 4.78 is 8.08. The van der Waals surface area contributed by atoms with E-state index in [1.807, 2.05) is 38.1 Å². The number of hydrogen-bond donors (Lipinski definition) is 0. The summed E-state index contributed by atoms with van der Waals surface area (Å²) in [5, 5.41) is 4.94. The van der Waals surface area contributed by atoms with Crippen molar-refractivity contribution in [1.29, 1.82) is 0 Å². The molecular formula is C20H21BrN4O2. The second-order valence-electron chi connectivity index (χ2n) is 7.02. The summed E-state index contributed by atoms with van der Waals surface area (Å²) in [5.74, 6) is 2.15. The van der Waals surface area contributed by atoms with Crippen LogP contribution in [0, 0.1) is 0 Å². The van der Waals surface area contributed by atoms with Gasteiger partial charge in [-0.25, -0.2) is 4.98 Å². The van der Waals surface area contributed by atoms with E-state index in [1.54, 1.807) is 12.3 Å². The zero-order valence-corrected chi connectivity index (χ0v) is 16.9. The molecule has 1 fully saturated rings. The molecule has 0 unspecified atom stereocenters. The van der Waals surface area contributed by atoms with Gasteiger partial charge in [0, 0.05) is 29.5 Å². The Balaban J connectivity index is 1.74. The third kappa shape index (κ3) is 3.56. The zero-order valence-electron chi connectivity index (χ0n) is 15.4. The first kappa shape index (κ1) is 18.0. The van der Waals surface area contributed by atoms with Crippen LogP contribution in [0.15, 0.2) is 49.1 Å². The summed E-state index contributed by atoms with van der Waals surface area (Å²) in [5.41, 5.74) is 0.486. The number of furan rings is 1. The molecule has 0 bridgehead atoms. The summed E-state index contributed by atoms with van der Waals surface area (Å²) in [4.78, 5) is 19.9. The number of halogens is 1. The Bertz CT molecular complexity index is 1060. The van der Waals surface area contributed by atoms with Crippen molar-refractivity contribution < 1.29 is 4.42 Å². The van der Waals surface area contributed by atoms with Crippen molar-refractivity contribution in [2.45, 2.75) is 32.6 Å². The van der Waals surface area contributed by atoms with Crippen molar-refractivity contribution in [3.8, 4) is 0 Å². The quantitative estimate of drug-likeness (QED) is 0.579. The molecule has 7 heteroatoms. The van der Waals surface area contributed by atoms with Crippen molar-refractivity contribution in [3.05, 3.63) is 56.7 Å². The van der Waals surface area contributed by atoms with Gasteiger partial charge in [-0.1, -0.05) is 29.8 Å². The van der Waals surface area contributed by atoms with Crippen LogP contribution >= 0.6 is 15.9 Å². The number of aromatic nitrogens is 2. The number of anilines is 1. The summed E-state index contributed by atoms with van der Waals surface area (Å²) in [6.07, 6.45) is 3.96. The molecule has 0 atom stereocenters. The van der Waals surface area contributed by atoms with E-state index in [1.165, 1.54) is 17.5 Å². The molecule has 1 aliphatic rings. The Morgan fingerprint density at radius 2 is 2.00 bits per heavy atom. The highest BCUT2D eigenvalue weighted by molar-refractivity contribution is 9.10. The van der Waals surface area contributed by atoms with E-state index in [0.29, 0.717) is 22.5 Å². The molecular weight excluding hydrogens is 408 g/mol. The molecule has 3 heterocycles. The maximum absolute atomic E-state index is 13.0. The number of fused-ring (bicyclic) bond motifs is 1. The minimum atomic E-state index is -0.187. The van der Waals surface area contributed by atoms with Crippen molar-refractivity contribution in [1.82, 2.24) is 9.66 Å². The number of rotatable bonds is 4. The highest BCUT2D eigenvalue weighted by Gasteiger charge is 2.16. The molecule has 0 amide bonds. The third-order valence-corrected chi connectivity index (χ3v) is 5.17. The Kier molecular flexibility index (Phi) is 4.86. The molecule has 3 aromatic rings. The van der Waals surface area contributed by atoms with Gasteiger partial charge in [0.25, 0.3) is 5.56 Å². The lowest BCUT2D eigenvalue weighted by molar-refractivity contribution is 0.549. The predicted octanol–water partition coefficient (Wildman–Crippen LogP) is 4.36. The largest absolute Gasteiger partial charge is 0.440 e. The lowest BCUT2D eigenvalue weighted by Crippen LogP contribution is -2.23. The molecule has 0 radical (unpaired) electrons. The topological polar surface area (TPSA) is 63.6 Å². The van der Waals surface area contributed by atoms with Gasteiger partial charge in [-0.05, 0) is 37.1 Å². The lowest BCUT2D eigenvalue weighted by atomic mass is 10.2. The second-order valence-corrected chi connectivity index (χ2v) is 7.93. The molecule has 1 saturated heterocycles. The van der Waals surface area contributed by atoms with Gasteiger partial charge in [0.1, 0.15) is 11.6 Å². The van der Waals surface area contributed by atoms with Crippen LogP contribution in [0.3, 0.4) is 0 Å². The molecule has 140 valence electrons. The Labute approximate surface area is 165 Å². The SMILES string of the molecule is CC(C)c1nc2ccc(Br)cc2c(=O)n1N=Cc1ccc(N2CCCC2)o1. The monoisotopic (exact) mass is 428 g/mol. The van der Waals surface area contributed by atoms with Crippen molar-refractivity contribution >= 4 is 38.9 Å². The molecule has 2 aromatic heterocycles. The van der Waals surface area contributed by atoms with E-state index >= 15 is 0 Å². The maximum atomic E-state index is 13.0. The predicted molar refractivity (Wildman–Crippen MR) is 111 cm³/mol. The van der Waals surface area contributed by atoms with Gasteiger partial charge in [-0.2, -0.15) is 9.78 Å². The van der Waals surface area contributed by atoms with Gasteiger partial charge < -0.3 is 9.32 Å². The second kappa shape index (κ2) is 7.31. The van der Waals surface area contributed by atoms with Gasteiger partial charge in [0.15, 0.2) is 5.88 Å². The smallest absolute Gasteiger partial charge is 0.282 e. The lowest BCUT2D eigenvalue weighted by Gasteiger charge is -2.12. The Morgan fingerprint density at radius 3 is 2.74 bits per heavy atom. The highest BCUT2D eigenvalue weighted by atomic mass is 79.9. The van der Waals surface area contributed by atoms with Crippen LogP contribution in [-0.2, 0) is 0 Å². The maximum Gasteiger partial charge on any atom is 0.282 e. The summed E-state index contributed by atoms with van der Waals surface area (Å²) in [6.45, 7) is 6.03. The van der Waals surface area contributed by atoms with E-state index in [9.17, 15) is 4.79 Å². The summed E-state index contributed by atoms with van der Waals surface area (Å²) in [7, 11) is 0. The molecule has 0 N–H and O–H groups in total. The van der Waals surface area contributed by atoms with E-state index in [4.69, 9.17) is 4.42 Å². The van der Waals surface area contributed by atoms with Gasteiger partial charge in [-0.15, -0.1) is 0 Å². The fourth-order valence-electron chi connectivity index (χ4n) is 3.28. The van der Waals surface area contributed by atoms with Gasteiger partial charge in [-0.3, -0.25) is 4.79 Å². The van der Waals surface area contributed by atoms with Gasteiger partial charge in [0.2, 0.25) is 0 Å². The Morgan fingerprint density at radius 1 is 1.22 bits per heavy atom. The molecule has 1 aromatic carbocycles. The number of hydrogen-bond acceptors (Lipinski definition) is 5. The number of nitrogens with zero attached hydrogens (tertiary/aromatic N) is 4. The first-order valence-electron chi connectivity index (χ1n) is 9.14. The Hall–Kier alpha value is -2.41. The molecule has 1 aliphatic heterocycles. The highest BCUT2D eigenvalue weighted by Crippen LogP contribution is 2.22. The summed E-state index contributed by atoms with van der Waals surface area (Å²) in [6, 6.07) is 9.33. The van der Waals surface area contributed by atoms with Crippen LogP contribution in [0.2, 0.25) is 0 Å². The van der Waals surface area contributed by atoms with Crippen LogP contribution in [0.4, 0.5) is 5.88 Å². The first-order chi connectivity index (χ1) is 13.0.